The van der Waals surface area contributed by atoms with E-state index in [4.69, 9.17) is 9.47 Å². The predicted molar refractivity (Wildman–Crippen MR) is 116 cm³/mol. The highest BCUT2D eigenvalue weighted by atomic mass is 16.7. The molecule has 1 heterocycles. The molecular weight excluding hydrogens is 428 g/mol. The molecule has 1 saturated heterocycles. The highest BCUT2D eigenvalue weighted by Gasteiger charge is 2.61. The summed E-state index contributed by atoms with van der Waals surface area (Å²) < 4.78 is 11.6. The van der Waals surface area contributed by atoms with Crippen molar-refractivity contribution >= 4 is 11.8 Å². The van der Waals surface area contributed by atoms with Gasteiger partial charge in [-0.2, -0.15) is 0 Å². The normalized spacial score (nSPS) is 54.3. The molecule has 0 spiro atoms. The molecule has 4 saturated carbocycles. The molecule has 0 unspecified atom stereocenters. The predicted octanol–water partition coefficient (Wildman–Crippen LogP) is 1.88. The molecule has 0 aromatic heterocycles. The lowest BCUT2D eigenvalue weighted by Crippen LogP contribution is -2.61. The minimum absolute atomic E-state index is 0.113. The summed E-state index contributed by atoms with van der Waals surface area (Å²) in [6, 6.07) is 0. The van der Waals surface area contributed by atoms with Gasteiger partial charge < -0.3 is 29.9 Å². The van der Waals surface area contributed by atoms with Crippen LogP contribution < -0.4 is 0 Å². The minimum Gasteiger partial charge on any atom is -0.479 e. The number of carbonyl (C=O) groups is 2. The van der Waals surface area contributed by atoms with Gasteiger partial charge in [-0.05, 0) is 79.4 Å². The summed E-state index contributed by atoms with van der Waals surface area (Å²) in [4.78, 5) is 23.6. The number of rotatable bonds is 3. The van der Waals surface area contributed by atoms with Crippen molar-refractivity contribution in [2.24, 2.45) is 34.5 Å². The van der Waals surface area contributed by atoms with E-state index in [0.29, 0.717) is 35.9 Å². The Morgan fingerprint density at radius 3 is 2.39 bits per heavy atom. The summed E-state index contributed by atoms with van der Waals surface area (Å²) in [5.74, 6) is 1.21. The van der Waals surface area contributed by atoms with Gasteiger partial charge in [-0.15, -0.1) is 0 Å². The van der Waals surface area contributed by atoms with Crippen molar-refractivity contribution in [3.8, 4) is 0 Å². The van der Waals surface area contributed by atoms with Gasteiger partial charge in [0.1, 0.15) is 24.1 Å². The lowest BCUT2D eigenvalue weighted by atomic mass is 9.45. The van der Waals surface area contributed by atoms with Crippen molar-refractivity contribution in [1.29, 1.82) is 0 Å². The Bertz CT molecular complexity index is 801. The van der Waals surface area contributed by atoms with Gasteiger partial charge in [-0.1, -0.05) is 13.8 Å². The van der Waals surface area contributed by atoms with Crippen LogP contribution in [-0.4, -0.2) is 69.0 Å². The number of hydrogen-bond acceptors (Lipinski definition) is 7. The highest BCUT2D eigenvalue weighted by molar-refractivity contribution is 5.79. The summed E-state index contributed by atoms with van der Waals surface area (Å²) in [6.45, 7) is 4.66. The number of ketones is 1. The van der Waals surface area contributed by atoms with Crippen LogP contribution in [0.5, 0.6) is 0 Å². The third-order valence-electron chi connectivity index (χ3n) is 10.5. The Kier molecular flexibility index (Phi) is 5.93. The summed E-state index contributed by atoms with van der Waals surface area (Å²) in [5, 5.41) is 39.9. The van der Waals surface area contributed by atoms with E-state index >= 15 is 0 Å². The third-order valence-corrected chi connectivity index (χ3v) is 10.5. The minimum atomic E-state index is -1.71. The van der Waals surface area contributed by atoms with Crippen LogP contribution in [0.3, 0.4) is 0 Å². The molecule has 33 heavy (non-hydrogen) atoms. The Morgan fingerprint density at radius 2 is 1.67 bits per heavy atom. The lowest BCUT2D eigenvalue weighted by Gasteiger charge is -2.60. The molecule has 0 amide bonds. The summed E-state index contributed by atoms with van der Waals surface area (Å²) in [5.41, 5.74) is 0.117. The number of hydrogen-bond donors (Lipinski definition) is 4. The van der Waals surface area contributed by atoms with Crippen LogP contribution >= 0.6 is 0 Å². The average molecular weight is 467 g/mol. The number of carboxylic acids is 1. The maximum atomic E-state index is 12.1. The SMILES string of the molecule is C[C@]12CCC(=O)C[C@H]1CC[C@@H]1[C@@H]2CC[C@]2(C)[C@@H](O[C@@H]3O[C@H](C(=O)O)[C@@H](O)[C@H](O)[C@H]3O)CC[C@@H]12. The van der Waals surface area contributed by atoms with Gasteiger partial charge in [-0.25, -0.2) is 4.79 Å². The number of Topliss-reactive ketones (excluding diaryl/α,β-unsaturated/α-hetero) is 1. The van der Waals surface area contributed by atoms with Crippen LogP contribution in [0, 0.1) is 34.5 Å². The quantitative estimate of drug-likeness (QED) is 0.495. The molecule has 4 aliphatic carbocycles. The number of aliphatic hydroxyl groups is 3. The van der Waals surface area contributed by atoms with Gasteiger partial charge in [-0.3, -0.25) is 4.79 Å². The molecule has 5 fully saturated rings. The van der Waals surface area contributed by atoms with E-state index in [0.717, 1.165) is 51.4 Å². The van der Waals surface area contributed by atoms with E-state index in [-0.39, 0.29) is 16.9 Å². The first-order chi connectivity index (χ1) is 15.6. The fourth-order valence-electron chi connectivity index (χ4n) is 8.55. The molecule has 186 valence electrons. The van der Waals surface area contributed by atoms with Crippen LogP contribution in [0.2, 0.25) is 0 Å². The number of aliphatic hydroxyl groups excluding tert-OH is 3. The maximum Gasteiger partial charge on any atom is 0.335 e. The zero-order chi connectivity index (χ0) is 23.7. The van der Waals surface area contributed by atoms with Gasteiger partial charge in [0.15, 0.2) is 12.4 Å². The second-order valence-corrected chi connectivity index (χ2v) is 11.9. The fourth-order valence-corrected chi connectivity index (χ4v) is 8.55. The third kappa shape index (κ3) is 3.59. The summed E-state index contributed by atoms with van der Waals surface area (Å²) in [6.07, 6.45) is 0.569. The molecule has 8 nitrogen and oxygen atoms in total. The van der Waals surface area contributed by atoms with E-state index < -0.39 is 36.7 Å². The molecule has 0 aromatic carbocycles. The van der Waals surface area contributed by atoms with Gasteiger partial charge in [0, 0.05) is 12.8 Å². The molecular formula is C25H38O8. The Morgan fingerprint density at radius 1 is 0.939 bits per heavy atom. The molecule has 8 heteroatoms. The van der Waals surface area contributed by atoms with E-state index in [1.54, 1.807) is 0 Å². The zero-order valence-corrected chi connectivity index (χ0v) is 19.6. The number of aliphatic carboxylic acids is 1. The first kappa shape index (κ1) is 23.7. The molecule has 5 rings (SSSR count). The molecule has 12 atom stereocenters. The zero-order valence-electron chi connectivity index (χ0n) is 19.6. The standard InChI is InChI=1S/C25H38O8/c1-24-9-7-13(26)11-12(24)3-4-14-15-5-6-17(25(15,2)10-8-16(14)24)32-23-20(29)18(27)19(28)21(33-23)22(30)31/h12,14-21,23,27-29H,3-11H2,1-2H3,(H,30,31)/t12-,14+,15+,16+,17+,18+,19+,20-,21+,23-,24+,25+/m1/s1. The van der Waals surface area contributed by atoms with Crippen molar-refractivity contribution in [2.45, 2.75) is 108 Å². The van der Waals surface area contributed by atoms with Crippen LogP contribution in [0.25, 0.3) is 0 Å². The van der Waals surface area contributed by atoms with Crippen molar-refractivity contribution < 1.29 is 39.5 Å². The van der Waals surface area contributed by atoms with Crippen LogP contribution in [-0.2, 0) is 19.1 Å². The Hall–Kier alpha value is -1.06. The average Bonchev–Trinajstić information content (AvgIpc) is 3.10. The van der Waals surface area contributed by atoms with Gasteiger partial charge in [0.25, 0.3) is 0 Å². The molecule has 5 aliphatic rings. The fraction of sp³-hybridized carbons (Fsp3) is 0.920. The smallest absolute Gasteiger partial charge is 0.335 e. The topological polar surface area (TPSA) is 134 Å². The van der Waals surface area contributed by atoms with Crippen molar-refractivity contribution in [2.75, 3.05) is 0 Å². The van der Waals surface area contributed by atoms with E-state index in [1.807, 2.05) is 0 Å². The summed E-state index contributed by atoms with van der Waals surface area (Å²) >= 11 is 0. The van der Waals surface area contributed by atoms with Gasteiger partial charge in [0.2, 0.25) is 0 Å². The molecule has 1 aliphatic heterocycles. The second-order valence-electron chi connectivity index (χ2n) is 11.9. The lowest BCUT2D eigenvalue weighted by molar-refractivity contribution is -0.313. The first-order valence-electron chi connectivity index (χ1n) is 12.7. The number of ether oxygens (including phenoxy) is 2. The van der Waals surface area contributed by atoms with E-state index in [2.05, 4.69) is 13.8 Å². The highest BCUT2D eigenvalue weighted by Crippen LogP contribution is 2.66. The number of carboxylic acid groups (broad SMARTS) is 1. The van der Waals surface area contributed by atoms with Crippen LogP contribution in [0.4, 0.5) is 0 Å². The van der Waals surface area contributed by atoms with Gasteiger partial charge >= 0.3 is 5.97 Å². The largest absolute Gasteiger partial charge is 0.479 e. The molecule has 0 aromatic rings. The van der Waals surface area contributed by atoms with Crippen molar-refractivity contribution in [1.82, 2.24) is 0 Å². The number of fused-ring (bicyclic) bond motifs is 5. The van der Waals surface area contributed by atoms with Crippen LogP contribution in [0.15, 0.2) is 0 Å². The van der Waals surface area contributed by atoms with E-state index in [1.165, 1.54) is 0 Å². The number of carbonyl (C=O) groups excluding carboxylic acids is 1. The summed E-state index contributed by atoms with van der Waals surface area (Å²) in [7, 11) is 0. The Labute approximate surface area is 194 Å². The van der Waals surface area contributed by atoms with Crippen molar-refractivity contribution in [3.63, 3.8) is 0 Å². The van der Waals surface area contributed by atoms with E-state index in [9.17, 15) is 30.0 Å². The van der Waals surface area contributed by atoms with Crippen LogP contribution in [0.1, 0.15) is 71.6 Å². The molecule has 4 N–H and O–H groups in total. The molecule has 0 radical (unpaired) electrons. The first-order valence-corrected chi connectivity index (χ1v) is 12.7. The monoisotopic (exact) mass is 466 g/mol. The Balaban J connectivity index is 1.32. The molecule has 0 bridgehead atoms. The van der Waals surface area contributed by atoms with Gasteiger partial charge in [0.05, 0.1) is 6.10 Å². The second kappa shape index (κ2) is 8.26. The maximum absolute atomic E-state index is 12.1. The van der Waals surface area contributed by atoms with Crippen molar-refractivity contribution in [3.05, 3.63) is 0 Å².